The van der Waals surface area contributed by atoms with E-state index in [9.17, 15) is 18.0 Å². The van der Waals surface area contributed by atoms with Crippen LogP contribution in [0, 0.1) is 0 Å². The van der Waals surface area contributed by atoms with Crippen LogP contribution in [-0.4, -0.2) is 83.1 Å². The van der Waals surface area contributed by atoms with Crippen LogP contribution in [0.2, 0.25) is 0 Å². The molecule has 2 aliphatic rings. The number of rotatable bonds is 5. The Hall–Kier alpha value is -1.17. The van der Waals surface area contributed by atoms with Gasteiger partial charge >= 0.3 is 22.4 Å². The number of hydroxylamine groups is 2. The summed E-state index contributed by atoms with van der Waals surface area (Å²) in [7, 11) is -4.80. The molecule has 2 atom stereocenters. The molecule has 9 nitrogen and oxygen atoms in total. The van der Waals surface area contributed by atoms with E-state index in [2.05, 4.69) is 4.28 Å². The number of fused-ring (bicyclic) bond motifs is 2. The number of hydrogen-bond acceptors (Lipinski definition) is 6. The van der Waals surface area contributed by atoms with Crippen LogP contribution in [-0.2, 0) is 30.8 Å². The third-order valence-electron chi connectivity index (χ3n) is 3.99. The Balaban J connectivity index is 0.00000225. The topological polar surface area (TPSA) is 113 Å². The molecule has 131 valence electrons. The van der Waals surface area contributed by atoms with Gasteiger partial charge in [-0.3, -0.25) is 4.55 Å². The van der Waals surface area contributed by atoms with Gasteiger partial charge in [0.1, 0.15) is 12.6 Å². The predicted molar refractivity (Wildman–Crippen MR) is 85.4 cm³/mol. The van der Waals surface area contributed by atoms with E-state index in [1.807, 2.05) is 30.3 Å². The van der Waals surface area contributed by atoms with Crippen LogP contribution in [0.3, 0.4) is 0 Å². The molecule has 2 bridgehead atoms. The fourth-order valence-corrected chi connectivity index (χ4v) is 3.29. The normalized spacial score (nSPS) is 22.5. The molecule has 2 aliphatic heterocycles. The summed E-state index contributed by atoms with van der Waals surface area (Å²) in [5, 5.41) is 0.597. The first kappa shape index (κ1) is 20.1. The van der Waals surface area contributed by atoms with Gasteiger partial charge in [-0.05, 0) is 18.4 Å². The predicted octanol–water partition coefficient (Wildman–Crippen LogP) is 0.352. The molecule has 1 radical (unpaired) electrons. The van der Waals surface area contributed by atoms with Crippen molar-refractivity contribution < 1.29 is 31.6 Å². The summed E-state index contributed by atoms with van der Waals surface area (Å²) in [6, 6.07) is 7.01. The van der Waals surface area contributed by atoms with Crippen molar-refractivity contribution in [3.8, 4) is 0 Å². The molecule has 0 spiro atoms. The molecule has 0 aliphatic carbocycles. The third kappa shape index (κ3) is 4.72. The second-order valence-corrected chi connectivity index (χ2v) is 6.61. The van der Waals surface area contributed by atoms with E-state index in [4.69, 9.17) is 9.29 Å². The Kier molecular flexibility index (Phi) is 6.46. The average molecular weight is 379 g/mol. The number of urea groups is 1. The molecule has 1 aromatic rings. The third-order valence-corrected chi connectivity index (χ3v) is 4.34. The van der Waals surface area contributed by atoms with Crippen LogP contribution in [0.1, 0.15) is 18.4 Å². The first-order chi connectivity index (χ1) is 11.3. The van der Waals surface area contributed by atoms with Crippen molar-refractivity contribution in [1.82, 2.24) is 9.96 Å². The first-order valence-corrected chi connectivity index (χ1v) is 8.69. The maximum Gasteiger partial charge on any atom is 0.418 e. The zero-order valence-corrected chi connectivity index (χ0v) is 16.4. The van der Waals surface area contributed by atoms with E-state index < -0.39 is 34.5 Å². The average Bonchev–Trinajstić information content (AvgIpc) is 2.77. The van der Waals surface area contributed by atoms with Gasteiger partial charge in [0.2, 0.25) is 0 Å². The van der Waals surface area contributed by atoms with Gasteiger partial charge < -0.3 is 9.64 Å². The molecule has 25 heavy (non-hydrogen) atoms. The summed E-state index contributed by atoms with van der Waals surface area (Å²) in [5.74, 6) is -0.556. The van der Waals surface area contributed by atoms with Crippen molar-refractivity contribution >= 4 is 52.0 Å². The van der Waals surface area contributed by atoms with E-state index in [-0.39, 0.29) is 42.7 Å². The van der Waals surface area contributed by atoms with Gasteiger partial charge in [-0.2, -0.15) is 13.5 Å². The number of amides is 2. The Morgan fingerprint density at radius 3 is 2.56 bits per heavy atom. The summed E-state index contributed by atoms with van der Waals surface area (Å²) < 4.78 is 39.9. The minimum atomic E-state index is -4.80. The van der Waals surface area contributed by atoms with E-state index >= 15 is 0 Å². The van der Waals surface area contributed by atoms with E-state index in [0.29, 0.717) is 17.9 Å². The summed E-state index contributed by atoms with van der Waals surface area (Å²) in [6.45, 7) is 0.228. The summed E-state index contributed by atoms with van der Waals surface area (Å²) in [6.07, 6.45) is 0.693. The number of benzene rings is 1. The quantitative estimate of drug-likeness (QED) is 0.446. The maximum atomic E-state index is 12.3. The van der Waals surface area contributed by atoms with Crippen molar-refractivity contribution in [3.05, 3.63) is 35.9 Å². The Bertz CT molecular complexity index is 743. The van der Waals surface area contributed by atoms with Gasteiger partial charge in [-0.25, -0.2) is 9.59 Å². The molecular weight excluding hydrogens is 363 g/mol. The van der Waals surface area contributed by atoms with Crippen molar-refractivity contribution in [2.75, 3.05) is 6.54 Å². The number of esters is 1. The maximum absolute atomic E-state index is 12.3. The minimum Gasteiger partial charge on any atom is -0.459 e. The summed E-state index contributed by atoms with van der Waals surface area (Å²) in [4.78, 5) is 25.7. The second-order valence-electron chi connectivity index (χ2n) is 5.60. The van der Waals surface area contributed by atoms with Gasteiger partial charge in [0.15, 0.2) is 0 Å². The van der Waals surface area contributed by atoms with Crippen molar-refractivity contribution in [2.45, 2.75) is 31.5 Å². The fraction of sp³-hybridized carbons (Fsp3) is 0.429. The molecule has 1 aromatic carbocycles. The minimum absolute atomic E-state index is 0. The zero-order chi connectivity index (χ0) is 17.3. The number of carbonyl (C=O) groups excluding carboxylic acids is 2. The SMILES string of the molecule is O=C(OCc1ccccc1)[C@H]1CC[C@@H]2CN1C(=O)N2OS(=O)(=O)O.[Na]. The van der Waals surface area contributed by atoms with E-state index in [1.165, 1.54) is 4.90 Å². The van der Waals surface area contributed by atoms with Crippen LogP contribution < -0.4 is 0 Å². The van der Waals surface area contributed by atoms with Gasteiger partial charge in [0.25, 0.3) is 0 Å². The van der Waals surface area contributed by atoms with Gasteiger partial charge in [-0.1, -0.05) is 30.3 Å². The van der Waals surface area contributed by atoms with Gasteiger partial charge in [0, 0.05) is 36.1 Å². The molecule has 1 N–H and O–H groups in total. The molecule has 3 rings (SSSR count). The molecule has 0 aromatic heterocycles. The smallest absolute Gasteiger partial charge is 0.418 e. The number of nitrogens with zero attached hydrogens (tertiary/aromatic N) is 2. The molecule has 0 unspecified atom stereocenters. The molecule has 0 saturated carbocycles. The van der Waals surface area contributed by atoms with Crippen LogP contribution in [0.15, 0.2) is 30.3 Å². The van der Waals surface area contributed by atoms with Gasteiger partial charge in [0.05, 0.1) is 6.04 Å². The zero-order valence-electron chi connectivity index (χ0n) is 13.6. The molecule has 2 heterocycles. The first-order valence-electron chi connectivity index (χ1n) is 7.32. The summed E-state index contributed by atoms with van der Waals surface area (Å²) in [5.41, 5.74) is 0.823. The standard InChI is InChI=1S/C14H16N2O7S.Na/c17-13(22-9-10-4-2-1-3-5-10)12-7-6-11-8-15(12)14(18)16(11)23-24(19,20)21;/h1-5,11-12H,6-9H2,(H,19,20,21);/t11-,12-;/m1./s1. The Labute approximate surface area is 167 Å². The molecule has 2 amide bonds. The van der Waals surface area contributed by atoms with Crippen molar-refractivity contribution in [1.29, 1.82) is 0 Å². The van der Waals surface area contributed by atoms with Crippen molar-refractivity contribution in [2.24, 2.45) is 0 Å². The Morgan fingerprint density at radius 1 is 1.24 bits per heavy atom. The second kappa shape index (κ2) is 8.02. The molecular formula is C14H16N2NaO7S. The van der Waals surface area contributed by atoms with E-state index in [1.54, 1.807) is 0 Å². The number of ether oxygens (including phenoxy) is 1. The van der Waals surface area contributed by atoms with Crippen LogP contribution >= 0.6 is 0 Å². The number of hydrogen-bond donors (Lipinski definition) is 1. The van der Waals surface area contributed by atoms with Crippen molar-refractivity contribution in [3.63, 3.8) is 0 Å². The van der Waals surface area contributed by atoms with Crippen LogP contribution in [0.25, 0.3) is 0 Å². The van der Waals surface area contributed by atoms with Gasteiger partial charge in [-0.15, -0.1) is 4.28 Å². The van der Waals surface area contributed by atoms with E-state index in [0.717, 1.165) is 5.56 Å². The molecule has 11 heteroatoms. The molecule has 2 saturated heterocycles. The Morgan fingerprint density at radius 2 is 1.92 bits per heavy atom. The summed E-state index contributed by atoms with van der Waals surface area (Å²) >= 11 is 0. The number of carbonyl (C=O) groups is 2. The fourth-order valence-electron chi connectivity index (χ4n) is 2.90. The largest absolute Gasteiger partial charge is 0.459 e. The van der Waals surface area contributed by atoms with Crippen LogP contribution in [0.4, 0.5) is 4.79 Å². The number of piperidine rings is 1. The monoisotopic (exact) mass is 379 g/mol. The van der Waals surface area contributed by atoms with Crippen LogP contribution in [0.5, 0.6) is 0 Å². The molecule has 2 fully saturated rings.